The SMILES string of the molecule is O=C(COC1CCCC1)NCC(Cc1ccccc1)NC(=O)COC1CCCC1. The van der Waals surface area contributed by atoms with E-state index in [-0.39, 0.29) is 43.3 Å². The molecule has 0 radical (unpaired) electrons. The lowest BCUT2D eigenvalue weighted by molar-refractivity contribution is -0.130. The van der Waals surface area contributed by atoms with E-state index in [1.54, 1.807) is 0 Å². The zero-order chi connectivity index (χ0) is 20.3. The van der Waals surface area contributed by atoms with Crippen LogP contribution in [0.5, 0.6) is 0 Å². The number of hydrogen-bond acceptors (Lipinski definition) is 4. The molecule has 2 amide bonds. The van der Waals surface area contributed by atoms with Gasteiger partial charge in [0.05, 0.1) is 18.2 Å². The quantitative estimate of drug-likeness (QED) is 0.597. The maximum Gasteiger partial charge on any atom is 0.246 e. The van der Waals surface area contributed by atoms with Crippen molar-refractivity contribution in [3.8, 4) is 0 Å². The van der Waals surface area contributed by atoms with Crippen LogP contribution in [0.2, 0.25) is 0 Å². The number of carbonyl (C=O) groups excluding carboxylic acids is 2. The third-order valence-corrected chi connectivity index (χ3v) is 5.74. The van der Waals surface area contributed by atoms with Crippen LogP contribution in [0.15, 0.2) is 30.3 Å². The topological polar surface area (TPSA) is 76.7 Å². The van der Waals surface area contributed by atoms with E-state index in [1.807, 2.05) is 30.3 Å². The Hall–Kier alpha value is -1.92. The molecule has 0 heterocycles. The first-order valence-corrected chi connectivity index (χ1v) is 11.0. The van der Waals surface area contributed by atoms with Crippen molar-refractivity contribution in [1.82, 2.24) is 10.6 Å². The maximum absolute atomic E-state index is 12.4. The van der Waals surface area contributed by atoms with Gasteiger partial charge in [-0.3, -0.25) is 9.59 Å². The van der Waals surface area contributed by atoms with E-state index in [0.717, 1.165) is 31.2 Å². The first-order chi connectivity index (χ1) is 14.2. The average Bonchev–Trinajstić information content (AvgIpc) is 3.44. The Labute approximate surface area is 173 Å². The molecule has 1 aromatic rings. The number of benzene rings is 1. The molecule has 160 valence electrons. The third kappa shape index (κ3) is 8.15. The molecule has 1 unspecified atom stereocenters. The second kappa shape index (κ2) is 11.9. The predicted molar refractivity (Wildman–Crippen MR) is 112 cm³/mol. The summed E-state index contributed by atoms with van der Waals surface area (Å²) in [6, 6.07) is 9.79. The summed E-state index contributed by atoms with van der Waals surface area (Å²) in [4.78, 5) is 24.5. The predicted octanol–water partition coefficient (Wildman–Crippen LogP) is 2.75. The zero-order valence-electron chi connectivity index (χ0n) is 17.2. The van der Waals surface area contributed by atoms with E-state index in [0.29, 0.717) is 13.0 Å². The van der Waals surface area contributed by atoms with Gasteiger partial charge in [0, 0.05) is 6.54 Å². The minimum atomic E-state index is -0.187. The first kappa shape index (κ1) is 21.8. The van der Waals surface area contributed by atoms with Gasteiger partial charge in [-0.05, 0) is 37.7 Å². The Morgan fingerprint density at radius 3 is 2.00 bits per heavy atom. The molecule has 2 fully saturated rings. The summed E-state index contributed by atoms with van der Waals surface area (Å²) in [6.45, 7) is 0.535. The molecule has 0 saturated heterocycles. The first-order valence-electron chi connectivity index (χ1n) is 11.0. The Bertz CT molecular complexity index is 625. The average molecular weight is 403 g/mol. The summed E-state index contributed by atoms with van der Waals surface area (Å²) in [5.74, 6) is -0.263. The molecule has 0 aromatic heterocycles. The number of nitrogens with one attached hydrogen (secondary N) is 2. The molecule has 2 N–H and O–H groups in total. The molecule has 2 saturated carbocycles. The molecule has 0 aliphatic heterocycles. The van der Waals surface area contributed by atoms with E-state index in [2.05, 4.69) is 10.6 Å². The fraction of sp³-hybridized carbons (Fsp3) is 0.652. The Kier molecular flexibility index (Phi) is 8.96. The number of ether oxygens (including phenoxy) is 2. The molecule has 0 spiro atoms. The molecule has 6 heteroatoms. The van der Waals surface area contributed by atoms with Gasteiger partial charge < -0.3 is 20.1 Å². The molecular formula is C23H34N2O4. The Morgan fingerprint density at radius 2 is 1.41 bits per heavy atom. The second-order valence-corrected chi connectivity index (χ2v) is 8.19. The summed E-state index contributed by atoms with van der Waals surface area (Å²) in [5.41, 5.74) is 1.12. The highest BCUT2D eigenvalue weighted by molar-refractivity contribution is 5.78. The highest BCUT2D eigenvalue weighted by Gasteiger charge is 2.20. The van der Waals surface area contributed by atoms with Crippen molar-refractivity contribution in [2.75, 3.05) is 19.8 Å². The Morgan fingerprint density at radius 1 is 0.862 bits per heavy atom. The summed E-state index contributed by atoms with van der Waals surface area (Å²) >= 11 is 0. The molecular weight excluding hydrogens is 368 g/mol. The lowest BCUT2D eigenvalue weighted by atomic mass is 10.1. The van der Waals surface area contributed by atoms with Crippen LogP contribution in [0.3, 0.4) is 0 Å². The van der Waals surface area contributed by atoms with Crippen LogP contribution in [-0.2, 0) is 25.5 Å². The van der Waals surface area contributed by atoms with Gasteiger partial charge in [-0.25, -0.2) is 0 Å². The summed E-state index contributed by atoms with van der Waals surface area (Å²) in [6.07, 6.45) is 9.96. The van der Waals surface area contributed by atoms with Gasteiger partial charge in [-0.2, -0.15) is 0 Å². The van der Waals surface area contributed by atoms with Crippen LogP contribution in [0.4, 0.5) is 0 Å². The fourth-order valence-corrected chi connectivity index (χ4v) is 4.13. The van der Waals surface area contributed by atoms with Crippen LogP contribution in [0, 0.1) is 0 Å². The molecule has 29 heavy (non-hydrogen) atoms. The molecule has 6 nitrogen and oxygen atoms in total. The minimum absolute atomic E-state index is 0.0781. The lowest BCUT2D eigenvalue weighted by Gasteiger charge is -2.21. The summed E-state index contributed by atoms with van der Waals surface area (Å²) in [5, 5.41) is 5.93. The van der Waals surface area contributed by atoms with E-state index in [1.165, 1.54) is 25.7 Å². The van der Waals surface area contributed by atoms with Gasteiger partial charge in [0.25, 0.3) is 0 Å². The molecule has 2 aliphatic rings. The van der Waals surface area contributed by atoms with E-state index in [9.17, 15) is 9.59 Å². The molecule has 1 atom stereocenters. The number of amides is 2. The van der Waals surface area contributed by atoms with Crippen molar-refractivity contribution >= 4 is 11.8 Å². The zero-order valence-corrected chi connectivity index (χ0v) is 17.2. The third-order valence-electron chi connectivity index (χ3n) is 5.74. The number of carbonyl (C=O) groups is 2. The monoisotopic (exact) mass is 402 g/mol. The van der Waals surface area contributed by atoms with Gasteiger partial charge in [0.15, 0.2) is 0 Å². The van der Waals surface area contributed by atoms with E-state index < -0.39 is 0 Å². The van der Waals surface area contributed by atoms with Crippen molar-refractivity contribution in [3.63, 3.8) is 0 Å². The van der Waals surface area contributed by atoms with Crippen LogP contribution in [0.1, 0.15) is 56.9 Å². The van der Waals surface area contributed by atoms with Crippen LogP contribution in [0.25, 0.3) is 0 Å². The minimum Gasteiger partial charge on any atom is -0.368 e. The van der Waals surface area contributed by atoms with Gasteiger partial charge in [0.2, 0.25) is 11.8 Å². The van der Waals surface area contributed by atoms with Crippen LogP contribution in [-0.4, -0.2) is 49.8 Å². The highest BCUT2D eigenvalue weighted by Crippen LogP contribution is 2.21. The number of hydrogen-bond donors (Lipinski definition) is 2. The summed E-state index contributed by atoms with van der Waals surface area (Å²) < 4.78 is 11.4. The highest BCUT2D eigenvalue weighted by atomic mass is 16.5. The molecule has 2 aliphatic carbocycles. The van der Waals surface area contributed by atoms with Crippen LogP contribution < -0.4 is 10.6 Å². The second-order valence-electron chi connectivity index (χ2n) is 8.19. The molecule has 0 bridgehead atoms. The van der Waals surface area contributed by atoms with Crippen molar-refractivity contribution in [2.24, 2.45) is 0 Å². The van der Waals surface area contributed by atoms with Crippen molar-refractivity contribution in [2.45, 2.75) is 76.0 Å². The smallest absolute Gasteiger partial charge is 0.246 e. The van der Waals surface area contributed by atoms with Crippen molar-refractivity contribution in [3.05, 3.63) is 35.9 Å². The van der Waals surface area contributed by atoms with Gasteiger partial charge >= 0.3 is 0 Å². The van der Waals surface area contributed by atoms with Gasteiger partial charge in [-0.1, -0.05) is 56.0 Å². The molecule has 1 aromatic carbocycles. The lowest BCUT2D eigenvalue weighted by Crippen LogP contribution is -2.47. The van der Waals surface area contributed by atoms with Crippen LogP contribution >= 0.6 is 0 Å². The van der Waals surface area contributed by atoms with E-state index in [4.69, 9.17) is 9.47 Å². The summed E-state index contributed by atoms with van der Waals surface area (Å²) in [7, 11) is 0. The fourth-order valence-electron chi connectivity index (χ4n) is 4.13. The standard InChI is InChI=1S/C23H34N2O4/c26-22(16-28-20-10-4-5-11-20)24-15-19(14-18-8-2-1-3-9-18)25-23(27)17-29-21-12-6-7-13-21/h1-3,8-9,19-21H,4-7,10-17H2,(H,24,26)(H,25,27). The largest absolute Gasteiger partial charge is 0.368 e. The van der Waals surface area contributed by atoms with E-state index >= 15 is 0 Å². The number of rotatable bonds is 11. The maximum atomic E-state index is 12.4. The van der Waals surface area contributed by atoms with Gasteiger partial charge in [-0.15, -0.1) is 0 Å². The molecule has 3 rings (SSSR count). The van der Waals surface area contributed by atoms with Crippen molar-refractivity contribution in [1.29, 1.82) is 0 Å². The van der Waals surface area contributed by atoms with Gasteiger partial charge in [0.1, 0.15) is 13.2 Å². The Balaban J connectivity index is 1.44. The van der Waals surface area contributed by atoms with Crippen molar-refractivity contribution < 1.29 is 19.1 Å². The normalized spacial score (nSPS) is 18.6.